The zero-order chi connectivity index (χ0) is 13.7. The minimum absolute atomic E-state index is 0.00678. The highest BCUT2D eigenvalue weighted by atomic mass is 35.5. The first-order chi connectivity index (χ1) is 8.58. The fourth-order valence-electron chi connectivity index (χ4n) is 1.27. The predicted octanol–water partition coefficient (Wildman–Crippen LogP) is 4.12. The van der Waals surface area contributed by atoms with Crippen LogP contribution in [0.3, 0.4) is 0 Å². The van der Waals surface area contributed by atoms with Crippen molar-refractivity contribution in [2.24, 2.45) is 0 Å². The molecule has 6 heteroatoms. The van der Waals surface area contributed by atoms with Crippen LogP contribution in [-0.4, -0.2) is 24.2 Å². The Morgan fingerprint density at radius 1 is 1.50 bits per heavy atom. The third-order valence-corrected chi connectivity index (χ3v) is 3.57. The minimum Gasteiger partial charge on any atom is -0.506 e. The van der Waals surface area contributed by atoms with Crippen LogP contribution in [0.15, 0.2) is 6.07 Å². The number of ether oxygens (including phenoxy) is 1. The molecule has 0 unspecified atom stereocenters. The summed E-state index contributed by atoms with van der Waals surface area (Å²) in [7, 11) is 3.30. The number of anilines is 1. The van der Waals surface area contributed by atoms with Crippen molar-refractivity contribution < 1.29 is 9.84 Å². The van der Waals surface area contributed by atoms with Crippen molar-refractivity contribution in [3.05, 3.63) is 11.1 Å². The molecular formula is C12H17ClN2O2S. The summed E-state index contributed by atoms with van der Waals surface area (Å²) in [4.78, 5) is 4.29. The van der Waals surface area contributed by atoms with Crippen molar-refractivity contribution in [3.8, 4) is 11.5 Å². The molecule has 0 saturated carbocycles. The van der Waals surface area contributed by atoms with E-state index in [2.05, 4.69) is 24.1 Å². The van der Waals surface area contributed by atoms with E-state index in [4.69, 9.17) is 16.3 Å². The van der Waals surface area contributed by atoms with Crippen molar-refractivity contribution in [1.29, 1.82) is 0 Å². The lowest BCUT2D eigenvalue weighted by Gasteiger charge is -2.03. The molecule has 100 valence electrons. The number of fused-ring (bicyclic) bond motifs is 1. The van der Waals surface area contributed by atoms with Crippen LogP contribution in [0.4, 0.5) is 5.13 Å². The average molecular weight is 289 g/mol. The Morgan fingerprint density at radius 2 is 2.11 bits per heavy atom. The van der Waals surface area contributed by atoms with Gasteiger partial charge in [0.05, 0.1) is 11.8 Å². The van der Waals surface area contributed by atoms with Gasteiger partial charge in [-0.15, -0.1) is 0 Å². The summed E-state index contributed by atoms with van der Waals surface area (Å²) in [5, 5.41) is 13.5. The molecule has 2 aromatic rings. The standard InChI is InChI=1S/C9H9ClN2O2S.C3H8/c1-11-9-12-7-5(14-2)3-4(13)6(10)8(7)15-9;1-3-2/h3,13H,1-2H3,(H,11,12);3H2,1-2H3. The zero-order valence-corrected chi connectivity index (χ0v) is 12.4. The van der Waals surface area contributed by atoms with Gasteiger partial charge >= 0.3 is 0 Å². The number of benzene rings is 1. The van der Waals surface area contributed by atoms with Crippen LogP contribution in [0.1, 0.15) is 20.3 Å². The third kappa shape index (κ3) is 2.97. The van der Waals surface area contributed by atoms with Gasteiger partial charge in [-0.05, 0) is 0 Å². The Hall–Kier alpha value is -1.20. The van der Waals surface area contributed by atoms with Crippen LogP contribution < -0.4 is 10.1 Å². The molecule has 0 spiro atoms. The molecule has 1 aromatic carbocycles. The van der Waals surface area contributed by atoms with E-state index >= 15 is 0 Å². The SMILES string of the molecule is CCC.CNc1nc2c(OC)cc(O)c(Cl)c2s1. The molecule has 0 amide bonds. The molecule has 1 aromatic heterocycles. The number of hydrogen-bond acceptors (Lipinski definition) is 5. The fourth-order valence-corrected chi connectivity index (χ4v) is 2.40. The number of phenolic OH excluding ortho intramolecular Hbond substituents is 1. The molecule has 2 rings (SSSR count). The number of aromatic nitrogens is 1. The molecule has 0 aliphatic carbocycles. The van der Waals surface area contributed by atoms with Gasteiger partial charge in [-0.3, -0.25) is 0 Å². The summed E-state index contributed by atoms with van der Waals surface area (Å²) in [5.41, 5.74) is 0.662. The van der Waals surface area contributed by atoms with Crippen molar-refractivity contribution in [1.82, 2.24) is 4.98 Å². The maximum atomic E-state index is 9.56. The monoisotopic (exact) mass is 288 g/mol. The molecule has 18 heavy (non-hydrogen) atoms. The van der Waals surface area contributed by atoms with Gasteiger partial charge in [0, 0.05) is 13.1 Å². The number of nitrogens with zero attached hydrogens (tertiary/aromatic N) is 1. The van der Waals surface area contributed by atoms with Crippen LogP contribution in [0.2, 0.25) is 5.02 Å². The highest BCUT2D eigenvalue weighted by Crippen LogP contribution is 2.42. The molecule has 0 fully saturated rings. The largest absolute Gasteiger partial charge is 0.506 e. The van der Waals surface area contributed by atoms with E-state index in [9.17, 15) is 5.11 Å². The Balaban J connectivity index is 0.000000492. The first-order valence-corrected chi connectivity index (χ1v) is 6.82. The summed E-state index contributed by atoms with van der Waals surface area (Å²) in [6.07, 6.45) is 1.25. The van der Waals surface area contributed by atoms with Gasteiger partial charge in [0.2, 0.25) is 0 Å². The molecule has 0 bridgehead atoms. The van der Waals surface area contributed by atoms with Crippen LogP contribution in [-0.2, 0) is 0 Å². The van der Waals surface area contributed by atoms with Gasteiger partial charge in [-0.25, -0.2) is 4.98 Å². The van der Waals surface area contributed by atoms with E-state index in [0.717, 1.165) is 9.83 Å². The number of rotatable bonds is 2. The predicted molar refractivity (Wildman–Crippen MR) is 78.4 cm³/mol. The second-order valence-electron chi connectivity index (χ2n) is 3.57. The summed E-state index contributed by atoms with van der Waals surface area (Å²) < 4.78 is 5.84. The number of aromatic hydroxyl groups is 1. The number of nitrogens with one attached hydrogen (secondary N) is 1. The second kappa shape index (κ2) is 6.66. The smallest absolute Gasteiger partial charge is 0.183 e. The average Bonchev–Trinajstić information content (AvgIpc) is 2.79. The van der Waals surface area contributed by atoms with E-state index in [1.165, 1.54) is 30.9 Å². The lowest BCUT2D eigenvalue weighted by atomic mass is 10.3. The number of phenols is 1. The number of thiazole rings is 1. The van der Waals surface area contributed by atoms with Gasteiger partial charge in [0.25, 0.3) is 0 Å². The van der Waals surface area contributed by atoms with E-state index in [-0.39, 0.29) is 5.75 Å². The molecule has 1 heterocycles. The second-order valence-corrected chi connectivity index (χ2v) is 4.94. The normalized spacial score (nSPS) is 9.83. The van der Waals surface area contributed by atoms with Crippen molar-refractivity contribution in [2.45, 2.75) is 20.3 Å². The number of halogens is 1. The number of methoxy groups -OCH3 is 1. The van der Waals surface area contributed by atoms with E-state index in [0.29, 0.717) is 16.3 Å². The topological polar surface area (TPSA) is 54.4 Å². The van der Waals surface area contributed by atoms with Gasteiger partial charge < -0.3 is 15.2 Å². The van der Waals surface area contributed by atoms with Crippen molar-refractivity contribution in [2.75, 3.05) is 19.5 Å². The lowest BCUT2D eigenvalue weighted by molar-refractivity contribution is 0.412. The maximum Gasteiger partial charge on any atom is 0.183 e. The van der Waals surface area contributed by atoms with E-state index in [1.54, 1.807) is 7.05 Å². The van der Waals surface area contributed by atoms with Crippen molar-refractivity contribution >= 4 is 38.3 Å². The molecule has 0 aliphatic heterocycles. The van der Waals surface area contributed by atoms with Crippen molar-refractivity contribution in [3.63, 3.8) is 0 Å². The maximum absolute atomic E-state index is 9.56. The van der Waals surface area contributed by atoms with E-state index < -0.39 is 0 Å². The summed E-state index contributed by atoms with van der Waals surface area (Å²) in [6, 6.07) is 1.46. The quantitative estimate of drug-likeness (QED) is 0.873. The Morgan fingerprint density at radius 3 is 2.61 bits per heavy atom. The Bertz CT molecular complexity index is 528. The molecular weight excluding hydrogens is 272 g/mol. The van der Waals surface area contributed by atoms with Gasteiger partial charge in [-0.1, -0.05) is 43.2 Å². The Kier molecular flexibility index (Phi) is 5.50. The highest BCUT2D eigenvalue weighted by molar-refractivity contribution is 7.22. The van der Waals surface area contributed by atoms with Crippen LogP contribution in [0.25, 0.3) is 10.2 Å². The minimum atomic E-state index is 0.00678. The first-order valence-electron chi connectivity index (χ1n) is 5.62. The van der Waals surface area contributed by atoms with Gasteiger partial charge in [-0.2, -0.15) is 0 Å². The molecule has 0 radical (unpaired) electrons. The van der Waals surface area contributed by atoms with Crippen LogP contribution >= 0.6 is 22.9 Å². The van der Waals surface area contributed by atoms with Gasteiger partial charge in [0.1, 0.15) is 22.0 Å². The van der Waals surface area contributed by atoms with E-state index in [1.807, 2.05) is 0 Å². The van der Waals surface area contributed by atoms with Crippen LogP contribution in [0.5, 0.6) is 11.5 Å². The number of hydrogen-bond donors (Lipinski definition) is 2. The summed E-state index contributed by atoms with van der Waals surface area (Å²) >= 11 is 7.34. The summed E-state index contributed by atoms with van der Waals surface area (Å²) in [5.74, 6) is 0.525. The Labute approximate surface area is 116 Å². The first kappa shape index (κ1) is 14.9. The molecule has 4 nitrogen and oxygen atoms in total. The van der Waals surface area contributed by atoms with Gasteiger partial charge in [0.15, 0.2) is 5.13 Å². The zero-order valence-electron chi connectivity index (χ0n) is 10.9. The lowest BCUT2D eigenvalue weighted by Crippen LogP contribution is -1.87. The summed E-state index contributed by atoms with van der Waals surface area (Å²) in [6.45, 7) is 4.25. The molecule has 0 atom stereocenters. The molecule has 0 saturated heterocycles. The third-order valence-electron chi connectivity index (χ3n) is 1.99. The molecule has 2 N–H and O–H groups in total. The molecule has 0 aliphatic rings. The fraction of sp³-hybridized carbons (Fsp3) is 0.417. The van der Waals surface area contributed by atoms with Crippen LogP contribution in [0, 0.1) is 0 Å². The highest BCUT2D eigenvalue weighted by Gasteiger charge is 2.15.